The molecule has 0 aromatic rings. The zero-order valence-electron chi connectivity index (χ0n) is 9.14. The molecule has 0 aromatic heterocycles. The van der Waals surface area contributed by atoms with E-state index < -0.39 is 0 Å². The van der Waals surface area contributed by atoms with E-state index in [0.717, 1.165) is 32.1 Å². The summed E-state index contributed by atoms with van der Waals surface area (Å²) in [5.41, 5.74) is 0. The summed E-state index contributed by atoms with van der Waals surface area (Å²) in [6.07, 6.45) is 5.97. The summed E-state index contributed by atoms with van der Waals surface area (Å²) in [4.78, 5) is 11.2. The largest absolute Gasteiger partial charge is 0.463 e. The van der Waals surface area contributed by atoms with E-state index in [0.29, 0.717) is 6.42 Å². The van der Waals surface area contributed by atoms with Crippen LogP contribution >= 0.6 is 0 Å². The van der Waals surface area contributed by atoms with Crippen LogP contribution in [0.15, 0.2) is 0 Å². The molecule has 0 bridgehead atoms. The Balaban J connectivity index is 3.41. The van der Waals surface area contributed by atoms with Crippen molar-refractivity contribution in [1.82, 2.24) is 0 Å². The van der Waals surface area contributed by atoms with Gasteiger partial charge in [0, 0.05) is 6.42 Å². The first kappa shape index (κ1) is 12.5. The third-order valence-electron chi connectivity index (χ3n) is 2.03. The van der Waals surface area contributed by atoms with Crippen molar-refractivity contribution in [2.75, 3.05) is 0 Å². The minimum absolute atomic E-state index is 0.0366. The van der Waals surface area contributed by atoms with Gasteiger partial charge in [-0.1, -0.05) is 33.1 Å². The summed E-state index contributed by atoms with van der Waals surface area (Å²) in [5.74, 6) is -0.0366. The molecule has 0 aliphatic carbocycles. The van der Waals surface area contributed by atoms with E-state index in [-0.39, 0.29) is 12.1 Å². The van der Waals surface area contributed by atoms with Crippen molar-refractivity contribution in [1.29, 1.82) is 0 Å². The lowest BCUT2D eigenvalue weighted by Gasteiger charge is -2.12. The minimum atomic E-state index is -0.0366. The number of unbranched alkanes of at least 4 members (excludes halogenated alkanes) is 2. The smallest absolute Gasteiger partial charge is 0.306 e. The maximum atomic E-state index is 11.2. The van der Waals surface area contributed by atoms with Gasteiger partial charge in [-0.2, -0.15) is 0 Å². The standard InChI is InChI=1S/C11H22O2/c1-4-6-8-10(3)13-11(12)9-7-5-2/h10H,4-9H2,1-3H3. The molecule has 0 saturated carbocycles. The second-order valence-corrected chi connectivity index (χ2v) is 3.55. The Morgan fingerprint density at radius 2 is 1.85 bits per heavy atom. The van der Waals surface area contributed by atoms with Gasteiger partial charge in [0.15, 0.2) is 0 Å². The van der Waals surface area contributed by atoms with Crippen molar-refractivity contribution >= 4 is 5.97 Å². The molecule has 2 heteroatoms. The number of esters is 1. The first-order chi connectivity index (χ1) is 6.20. The average Bonchev–Trinajstić information content (AvgIpc) is 2.11. The molecule has 1 unspecified atom stereocenters. The van der Waals surface area contributed by atoms with Gasteiger partial charge in [-0.15, -0.1) is 0 Å². The van der Waals surface area contributed by atoms with E-state index in [1.54, 1.807) is 0 Å². The molecule has 0 saturated heterocycles. The fourth-order valence-corrected chi connectivity index (χ4v) is 1.15. The third kappa shape index (κ3) is 7.82. The van der Waals surface area contributed by atoms with Crippen LogP contribution in [0.2, 0.25) is 0 Å². The molecule has 1 atom stereocenters. The van der Waals surface area contributed by atoms with Gasteiger partial charge in [0.2, 0.25) is 0 Å². The molecule has 0 fully saturated rings. The van der Waals surface area contributed by atoms with Crippen molar-refractivity contribution in [3.05, 3.63) is 0 Å². The maximum Gasteiger partial charge on any atom is 0.306 e. The second-order valence-electron chi connectivity index (χ2n) is 3.55. The number of ether oxygens (including phenoxy) is 1. The lowest BCUT2D eigenvalue weighted by molar-refractivity contribution is -0.148. The average molecular weight is 186 g/mol. The van der Waals surface area contributed by atoms with Crippen LogP contribution < -0.4 is 0 Å². The molecular formula is C11H22O2. The van der Waals surface area contributed by atoms with Crippen LogP contribution in [0, 0.1) is 0 Å². The highest BCUT2D eigenvalue weighted by Crippen LogP contribution is 2.06. The first-order valence-corrected chi connectivity index (χ1v) is 5.40. The minimum Gasteiger partial charge on any atom is -0.463 e. The van der Waals surface area contributed by atoms with Crippen LogP contribution in [-0.4, -0.2) is 12.1 Å². The Hall–Kier alpha value is -0.530. The zero-order chi connectivity index (χ0) is 10.1. The number of carbonyl (C=O) groups is 1. The Kier molecular flexibility index (Phi) is 7.76. The van der Waals surface area contributed by atoms with Gasteiger partial charge in [-0.05, 0) is 19.8 Å². The topological polar surface area (TPSA) is 26.3 Å². The quantitative estimate of drug-likeness (QED) is 0.570. The Bertz CT molecular complexity index is 132. The van der Waals surface area contributed by atoms with E-state index in [2.05, 4.69) is 13.8 Å². The van der Waals surface area contributed by atoms with Crippen LogP contribution in [0.3, 0.4) is 0 Å². The highest BCUT2D eigenvalue weighted by Gasteiger charge is 2.07. The molecule has 0 N–H and O–H groups in total. The highest BCUT2D eigenvalue weighted by molar-refractivity contribution is 5.69. The van der Waals surface area contributed by atoms with Crippen molar-refractivity contribution in [2.24, 2.45) is 0 Å². The molecule has 13 heavy (non-hydrogen) atoms. The van der Waals surface area contributed by atoms with Gasteiger partial charge in [-0.3, -0.25) is 4.79 Å². The van der Waals surface area contributed by atoms with Gasteiger partial charge in [-0.25, -0.2) is 0 Å². The molecule has 0 radical (unpaired) electrons. The lowest BCUT2D eigenvalue weighted by atomic mass is 10.2. The fourth-order valence-electron chi connectivity index (χ4n) is 1.15. The Morgan fingerprint density at radius 1 is 1.23 bits per heavy atom. The van der Waals surface area contributed by atoms with Gasteiger partial charge < -0.3 is 4.74 Å². The van der Waals surface area contributed by atoms with Crippen LogP contribution in [0.5, 0.6) is 0 Å². The van der Waals surface area contributed by atoms with Crippen LogP contribution in [0.1, 0.15) is 59.3 Å². The molecule has 0 rings (SSSR count). The molecule has 0 amide bonds. The van der Waals surface area contributed by atoms with E-state index in [4.69, 9.17) is 4.74 Å². The van der Waals surface area contributed by atoms with Gasteiger partial charge in [0.25, 0.3) is 0 Å². The molecular weight excluding hydrogens is 164 g/mol. The summed E-state index contributed by atoms with van der Waals surface area (Å²) in [6.45, 7) is 6.19. The van der Waals surface area contributed by atoms with Crippen molar-refractivity contribution < 1.29 is 9.53 Å². The van der Waals surface area contributed by atoms with Gasteiger partial charge in [0.05, 0.1) is 6.10 Å². The lowest BCUT2D eigenvalue weighted by Crippen LogP contribution is -2.14. The summed E-state index contributed by atoms with van der Waals surface area (Å²) in [5, 5.41) is 0. The van der Waals surface area contributed by atoms with Crippen molar-refractivity contribution in [3.63, 3.8) is 0 Å². The Morgan fingerprint density at radius 3 is 2.38 bits per heavy atom. The third-order valence-corrected chi connectivity index (χ3v) is 2.03. The zero-order valence-corrected chi connectivity index (χ0v) is 9.14. The number of carbonyl (C=O) groups excluding carboxylic acids is 1. The van der Waals surface area contributed by atoms with Crippen LogP contribution in [-0.2, 0) is 9.53 Å². The van der Waals surface area contributed by atoms with Gasteiger partial charge in [0.1, 0.15) is 0 Å². The van der Waals surface area contributed by atoms with Crippen molar-refractivity contribution in [3.8, 4) is 0 Å². The fraction of sp³-hybridized carbons (Fsp3) is 0.909. The maximum absolute atomic E-state index is 11.2. The molecule has 0 aliphatic heterocycles. The number of hydrogen-bond acceptors (Lipinski definition) is 2. The SMILES string of the molecule is CCCCC(=O)OC(C)CCCC. The van der Waals surface area contributed by atoms with E-state index in [1.165, 1.54) is 0 Å². The number of rotatable bonds is 7. The summed E-state index contributed by atoms with van der Waals surface area (Å²) in [7, 11) is 0. The van der Waals surface area contributed by atoms with Crippen LogP contribution in [0.25, 0.3) is 0 Å². The highest BCUT2D eigenvalue weighted by atomic mass is 16.5. The predicted octanol–water partition coefficient (Wildman–Crippen LogP) is 3.30. The van der Waals surface area contributed by atoms with Crippen LogP contribution in [0.4, 0.5) is 0 Å². The van der Waals surface area contributed by atoms with Gasteiger partial charge >= 0.3 is 5.97 Å². The monoisotopic (exact) mass is 186 g/mol. The summed E-state index contributed by atoms with van der Waals surface area (Å²) in [6, 6.07) is 0. The summed E-state index contributed by atoms with van der Waals surface area (Å²) < 4.78 is 5.22. The molecule has 0 aromatic carbocycles. The molecule has 78 valence electrons. The Labute approximate surface area is 81.7 Å². The molecule has 2 nitrogen and oxygen atoms in total. The molecule has 0 aliphatic rings. The normalized spacial score (nSPS) is 12.5. The first-order valence-electron chi connectivity index (χ1n) is 5.40. The molecule has 0 heterocycles. The van der Waals surface area contributed by atoms with E-state index >= 15 is 0 Å². The second kappa shape index (κ2) is 8.09. The molecule has 0 spiro atoms. The predicted molar refractivity (Wildman–Crippen MR) is 54.6 cm³/mol. The summed E-state index contributed by atoms with van der Waals surface area (Å²) >= 11 is 0. The van der Waals surface area contributed by atoms with E-state index in [1.807, 2.05) is 6.92 Å². The van der Waals surface area contributed by atoms with Crippen molar-refractivity contribution in [2.45, 2.75) is 65.4 Å². The number of hydrogen-bond donors (Lipinski definition) is 0. The van der Waals surface area contributed by atoms with E-state index in [9.17, 15) is 4.79 Å².